The van der Waals surface area contributed by atoms with Crippen LogP contribution in [0.1, 0.15) is 35.6 Å². The third-order valence-corrected chi connectivity index (χ3v) is 10.1. The summed E-state index contributed by atoms with van der Waals surface area (Å²) in [4.78, 5) is 18.9. The van der Waals surface area contributed by atoms with Crippen LogP contribution in [-0.4, -0.2) is 49.7 Å². The summed E-state index contributed by atoms with van der Waals surface area (Å²) in [7, 11) is -1.53. The molecule has 4 aromatic rings. The Hall–Kier alpha value is -4.22. The fraction of sp³-hybridized carbons (Fsp3) is 0.290. The Balaban J connectivity index is 1.37. The number of nitrogens with two attached hydrogens (primary N) is 1. The molecule has 3 aromatic carbocycles. The van der Waals surface area contributed by atoms with Crippen molar-refractivity contribution in [1.29, 1.82) is 0 Å². The van der Waals surface area contributed by atoms with Gasteiger partial charge in [0.15, 0.2) is 9.84 Å². The molecule has 1 aliphatic carbocycles. The fourth-order valence-corrected chi connectivity index (χ4v) is 7.36. The average Bonchev–Trinajstić information content (AvgIpc) is 3.81. The maximum Gasteiger partial charge on any atom is 0.319 e. The van der Waals surface area contributed by atoms with Crippen molar-refractivity contribution in [2.24, 2.45) is 0 Å². The molecule has 1 fully saturated rings. The Labute approximate surface area is 244 Å². The normalized spacial score (nSPS) is 18.4. The van der Waals surface area contributed by atoms with Crippen LogP contribution in [0.2, 0.25) is 0 Å². The number of hydrogen-bond acceptors (Lipinski definition) is 7. The first-order chi connectivity index (χ1) is 20.2. The van der Waals surface area contributed by atoms with Gasteiger partial charge in [-0.1, -0.05) is 24.3 Å². The lowest BCUT2D eigenvalue weighted by Gasteiger charge is -2.27. The van der Waals surface area contributed by atoms with Crippen molar-refractivity contribution in [2.75, 3.05) is 36.5 Å². The highest BCUT2D eigenvalue weighted by atomic mass is 32.2. The number of nitrogens with zero attached hydrogens (tertiary/aromatic N) is 2. The number of urea groups is 1. The molecule has 0 radical (unpaired) electrons. The number of fused-ring (bicyclic) bond motifs is 5. The summed E-state index contributed by atoms with van der Waals surface area (Å²) in [6.45, 7) is 1.28. The molecule has 9 nitrogen and oxygen atoms in total. The summed E-state index contributed by atoms with van der Waals surface area (Å²) in [5, 5.41) is 9.86. The number of rotatable bonds is 4. The van der Waals surface area contributed by atoms with E-state index in [1.807, 2.05) is 31.3 Å². The lowest BCUT2D eigenvalue weighted by atomic mass is 10.0. The SMILES string of the molecule is CN1Cc2cc(ccc2S(=O)(=O)C2CC2)NC(=O)NCCc2cccc(c2)[C@@H](Nc2ccc3c(N)ncc(F)c3c2)C1. The first-order valence-electron chi connectivity index (χ1n) is 14.0. The van der Waals surface area contributed by atoms with Gasteiger partial charge in [0.1, 0.15) is 11.6 Å². The highest BCUT2D eigenvalue weighted by molar-refractivity contribution is 7.92. The molecule has 1 saturated carbocycles. The molecule has 6 rings (SSSR count). The zero-order valence-corrected chi connectivity index (χ0v) is 24.0. The third kappa shape index (κ3) is 5.88. The van der Waals surface area contributed by atoms with Crippen LogP contribution in [-0.2, 0) is 22.8 Å². The zero-order chi connectivity index (χ0) is 29.4. The van der Waals surface area contributed by atoms with Crippen molar-refractivity contribution in [3.8, 4) is 0 Å². The number of amides is 2. The highest BCUT2D eigenvalue weighted by Crippen LogP contribution is 2.36. The average molecular weight is 589 g/mol. The van der Waals surface area contributed by atoms with Gasteiger partial charge in [-0.15, -0.1) is 0 Å². The highest BCUT2D eigenvalue weighted by Gasteiger charge is 2.38. The zero-order valence-electron chi connectivity index (χ0n) is 23.2. The number of carbonyl (C=O) groups is 1. The molecule has 1 aromatic heterocycles. The van der Waals surface area contributed by atoms with E-state index in [0.717, 1.165) is 17.3 Å². The van der Waals surface area contributed by atoms with E-state index in [1.54, 1.807) is 30.3 Å². The topological polar surface area (TPSA) is 129 Å². The number of likely N-dealkylation sites (N-methyl/N-ethyl adjacent to an activating group) is 1. The minimum atomic E-state index is -3.47. The lowest BCUT2D eigenvalue weighted by molar-refractivity contribution is 0.252. The maximum absolute atomic E-state index is 14.7. The van der Waals surface area contributed by atoms with Crippen molar-refractivity contribution in [1.82, 2.24) is 15.2 Å². The van der Waals surface area contributed by atoms with Crippen LogP contribution < -0.4 is 21.7 Å². The molecule has 1 atom stereocenters. The Kier molecular flexibility index (Phi) is 7.46. The van der Waals surface area contributed by atoms with Crippen LogP contribution in [0.15, 0.2) is 71.8 Å². The number of pyridine rings is 1. The molecular formula is C31H33FN6O3S. The van der Waals surface area contributed by atoms with E-state index in [-0.39, 0.29) is 23.1 Å². The minimum absolute atomic E-state index is 0.223. The van der Waals surface area contributed by atoms with Gasteiger partial charge in [0.2, 0.25) is 0 Å². The number of nitrogens with one attached hydrogen (secondary N) is 3. The Morgan fingerprint density at radius 1 is 1.07 bits per heavy atom. The Morgan fingerprint density at radius 2 is 1.90 bits per heavy atom. The summed E-state index contributed by atoms with van der Waals surface area (Å²) in [6.07, 6.45) is 3.08. The van der Waals surface area contributed by atoms with Gasteiger partial charge < -0.3 is 21.7 Å². The molecule has 0 spiro atoms. The van der Waals surface area contributed by atoms with E-state index in [0.29, 0.717) is 71.5 Å². The molecule has 0 saturated heterocycles. The van der Waals surface area contributed by atoms with E-state index in [9.17, 15) is 17.6 Å². The first-order valence-corrected chi connectivity index (χ1v) is 15.5. The number of sulfone groups is 1. The first kappa shape index (κ1) is 27.9. The quantitative estimate of drug-likeness (QED) is 0.268. The number of benzene rings is 3. The van der Waals surface area contributed by atoms with Crippen LogP contribution in [0.5, 0.6) is 0 Å². The molecule has 5 N–H and O–H groups in total. The van der Waals surface area contributed by atoms with Crippen LogP contribution >= 0.6 is 0 Å². The van der Waals surface area contributed by atoms with Gasteiger partial charge in [-0.2, -0.15) is 0 Å². The molecule has 1 aliphatic heterocycles. The second kappa shape index (κ2) is 11.2. The van der Waals surface area contributed by atoms with E-state index in [4.69, 9.17) is 5.73 Å². The lowest BCUT2D eigenvalue weighted by Crippen LogP contribution is -2.30. The van der Waals surface area contributed by atoms with Crippen molar-refractivity contribution in [2.45, 2.75) is 42.0 Å². The van der Waals surface area contributed by atoms with Crippen LogP contribution in [0.4, 0.5) is 26.4 Å². The predicted octanol–water partition coefficient (Wildman–Crippen LogP) is 4.86. The Morgan fingerprint density at radius 3 is 2.71 bits per heavy atom. The molecule has 2 amide bonds. The van der Waals surface area contributed by atoms with E-state index >= 15 is 0 Å². The summed E-state index contributed by atoms with van der Waals surface area (Å²) in [6, 6.07) is 17.9. The van der Waals surface area contributed by atoms with Crippen molar-refractivity contribution in [3.05, 3.63) is 89.4 Å². The van der Waals surface area contributed by atoms with Gasteiger partial charge in [-0.25, -0.2) is 22.6 Å². The summed E-state index contributed by atoms with van der Waals surface area (Å²) in [5.74, 6) is -0.191. The van der Waals surface area contributed by atoms with Crippen LogP contribution in [0.25, 0.3) is 10.8 Å². The number of nitrogen functional groups attached to an aromatic ring is 1. The van der Waals surface area contributed by atoms with Gasteiger partial charge in [0.25, 0.3) is 0 Å². The second-order valence-electron chi connectivity index (χ2n) is 11.1. The van der Waals surface area contributed by atoms with Gasteiger partial charge in [0, 0.05) is 41.8 Å². The smallest absolute Gasteiger partial charge is 0.319 e. The molecule has 218 valence electrons. The fourth-order valence-electron chi connectivity index (χ4n) is 5.50. The number of carbonyl (C=O) groups excluding carboxylic acids is 1. The summed E-state index contributed by atoms with van der Waals surface area (Å²) in [5.41, 5.74) is 9.90. The largest absolute Gasteiger partial charge is 0.383 e. The van der Waals surface area contributed by atoms with E-state index in [2.05, 4.69) is 31.9 Å². The van der Waals surface area contributed by atoms with Crippen LogP contribution in [0, 0.1) is 5.82 Å². The monoisotopic (exact) mass is 588 g/mol. The van der Waals surface area contributed by atoms with Crippen LogP contribution in [0.3, 0.4) is 0 Å². The summed E-state index contributed by atoms with van der Waals surface area (Å²) < 4.78 is 41.3. The van der Waals surface area contributed by atoms with Gasteiger partial charge in [-0.3, -0.25) is 4.90 Å². The van der Waals surface area contributed by atoms with Gasteiger partial charge >= 0.3 is 6.03 Å². The molecule has 2 heterocycles. The second-order valence-corrected chi connectivity index (χ2v) is 13.3. The molecule has 4 bridgehead atoms. The summed E-state index contributed by atoms with van der Waals surface area (Å²) >= 11 is 0. The van der Waals surface area contributed by atoms with E-state index < -0.39 is 15.7 Å². The molecule has 11 heteroatoms. The van der Waals surface area contributed by atoms with Gasteiger partial charge in [-0.05, 0) is 79.4 Å². The maximum atomic E-state index is 14.7. The minimum Gasteiger partial charge on any atom is -0.383 e. The predicted molar refractivity (Wildman–Crippen MR) is 163 cm³/mol. The molecule has 42 heavy (non-hydrogen) atoms. The molecule has 2 aliphatic rings. The number of halogens is 1. The number of anilines is 3. The Bertz CT molecular complexity index is 1780. The standard InChI is InChI=1S/C31H33FN6O3S/c1-38-17-21-14-22(6-10-29(21)42(40,41)24-7-8-24)37-31(39)34-12-11-19-3-2-4-20(13-19)28(18-38)36-23-5-9-25-26(15-23)27(32)16-35-30(25)33/h2-6,9-10,13-16,24,28,36H,7-8,11-12,17-18H2,1H3,(H2,33,35)(H2,34,37,39)/t28-/m0/s1. The number of hydrogen-bond donors (Lipinski definition) is 4. The molecular weight excluding hydrogens is 555 g/mol. The van der Waals surface area contributed by atoms with Crippen molar-refractivity contribution >= 4 is 43.8 Å². The molecule has 0 unspecified atom stereocenters. The number of aromatic nitrogens is 1. The third-order valence-electron chi connectivity index (χ3n) is 7.79. The van der Waals surface area contributed by atoms with E-state index in [1.165, 1.54) is 0 Å². The van der Waals surface area contributed by atoms with Crippen molar-refractivity contribution < 1.29 is 17.6 Å². The van der Waals surface area contributed by atoms with Crippen molar-refractivity contribution in [3.63, 3.8) is 0 Å². The van der Waals surface area contributed by atoms with Gasteiger partial charge in [0.05, 0.1) is 22.4 Å².